The molecule has 0 unspecified atom stereocenters. The number of benzene rings is 4. The van der Waals surface area contributed by atoms with Gasteiger partial charge in [-0.2, -0.15) is 0 Å². The Morgan fingerprint density at radius 1 is 0.500 bits per heavy atom. The highest BCUT2D eigenvalue weighted by atomic mass is 32.2. The van der Waals surface area contributed by atoms with Gasteiger partial charge in [0.15, 0.2) is 10.3 Å². The van der Waals surface area contributed by atoms with Crippen LogP contribution in [0.25, 0.3) is 21.5 Å². The van der Waals surface area contributed by atoms with Crippen molar-refractivity contribution in [1.82, 2.24) is 0 Å². The molecule has 0 saturated heterocycles. The topological polar surface area (TPSA) is 71.8 Å². The van der Waals surface area contributed by atoms with Gasteiger partial charge in [-0.15, -0.1) is 0 Å². The molecule has 0 radical (unpaired) electrons. The largest absolute Gasteiger partial charge is 0.335 e. The average molecular weight is 515 g/mol. The minimum absolute atomic E-state index is 0.516. The summed E-state index contributed by atoms with van der Waals surface area (Å²) in [6, 6.07) is 29.1. The molecule has 4 aromatic rings. The number of unbranched alkanes of at least 4 members (excludes halogenated alkanes) is 5. The van der Waals surface area contributed by atoms with E-state index in [1.54, 1.807) is 23.5 Å². The molecule has 0 spiro atoms. The fourth-order valence-corrected chi connectivity index (χ4v) is 5.61. The predicted molar refractivity (Wildman–Crippen MR) is 163 cm³/mol. The van der Waals surface area contributed by atoms with Crippen molar-refractivity contribution < 1.29 is 0 Å². The number of anilines is 2. The molecule has 0 saturated carbocycles. The number of thioether (sulfide) groups is 2. The number of hydrogen-bond acceptors (Lipinski definition) is 4. The van der Waals surface area contributed by atoms with Crippen molar-refractivity contribution in [3.8, 4) is 0 Å². The van der Waals surface area contributed by atoms with Gasteiger partial charge in [-0.25, -0.2) is 0 Å². The van der Waals surface area contributed by atoms with E-state index in [2.05, 4.69) is 59.2 Å². The molecule has 0 aliphatic carbocycles. The highest BCUT2D eigenvalue weighted by molar-refractivity contribution is 8.14. The van der Waals surface area contributed by atoms with Gasteiger partial charge in [0.2, 0.25) is 0 Å². The van der Waals surface area contributed by atoms with Crippen LogP contribution in [0.3, 0.4) is 0 Å². The maximum atomic E-state index is 8.19. The Labute approximate surface area is 222 Å². The zero-order chi connectivity index (χ0) is 25.0. The molecule has 4 N–H and O–H groups in total. The van der Waals surface area contributed by atoms with Crippen LogP contribution in [0.1, 0.15) is 38.5 Å². The van der Waals surface area contributed by atoms with Gasteiger partial charge >= 0.3 is 0 Å². The first-order chi connectivity index (χ1) is 17.7. The van der Waals surface area contributed by atoms with Gasteiger partial charge in [0.1, 0.15) is 0 Å². The molecule has 6 heteroatoms. The van der Waals surface area contributed by atoms with E-state index >= 15 is 0 Å². The molecule has 4 rings (SSSR count). The van der Waals surface area contributed by atoms with Crippen LogP contribution in [0.5, 0.6) is 0 Å². The lowest BCUT2D eigenvalue weighted by molar-refractivity contribution is 0.629. The summed E-state index contributed by atoms with van der Waals surface area (Å²) in [5, 5.41) is 28.7. The van der Waals surface area contributed by atoms with Crippen molar-refractivity contribution in [1.29, 1.82) is 10.8 Å². The highest BCUT2D eigenvalue weighted by Gasteiger charge is 2.03. The van der Waals surface area contributed by atoms with E-state index in [1.165, 1.54) is 47.2 Å². The molecule has 0 fully saturated rings. The third kappa shape index (κ3) is 8.32. The van der Waals surface area contributed by atoms with Crippen LogP contribution in [0.15, 0.2) is 84.9 Å². The van der Waals surface area contributed by atoms with Crippen LogP contribution < -0.4 is 10.6 Å². The Balaban J connectivity index is 1.00. The second-order valence-electron chi connectivity index (χ2n) is 8.85. The van der Waals surface area contributed by atoms with E-state index in [0.29, 0.717) is 10.3 Å². The smallest absolute Gasteiger partial charge is 0.158 e. The highest BCUT2D eigenvalue weighted by Crippen LogP contribution is 2.22. The van der Waals surface area contributed by atoms with E-state index in [1.807, 2.05) is 36.4 Å². The molecule has 0 bridgehead atoms. The Bertz CT molecular complexity index is 1200. The summed E-state index contributed by atoms with van der Waals surface area (Å²) >= 11 is 3.18. The Kier molecular flexibility index (Phi) is 10.1. The summed E-state index contributed by atoms with van der Waals surface area (Å²) < 4.78 is 0. The molecule has 0 heterocycles. The lowest BCUT2D eigenvalue weighted by Gasteiger charge is -2.09. The Morgan fingerprint density at radius 2 is 0.889 bits per heavy atom. The van der Waals surface area contributed by atoms with Crippen molar-refractivity contribution in [3.63, 3.8) is 0 Å². The van der Waals surface area contributed by atoms with Gasteiger partial charge in [0, 0.05) is 22.9 Å². The van der Waals surface area contributed by atoms with Crippen LogP contribution in [-0.4, -0.2) is 21.8 Å². The van der Waals surface area contributed by atoms with E-state index in [4.69, 9.17) is 10.8 Å². The van der Waals surface area contributed by atoms with Gasteiger partial charge in [0.25, 0.3) is 0 Å². The molecule has 0 aliphatic heterocycles. The van der Waals surface area contributed by atoms with E-state index in [0.717, 1.165) is 35.7 Å². The van der Waals surface area contributed by atoms with Crippen molar-refractivity contribution in [2.24, 2.45) is 0 Å². The summed E-state index contributed by atoms with van der Waals surface area (Å²) in [5.74, 6) is 1.96. The SMILES string of the molecule is N=C(Nc1ccc2ccccc2c1)SCCCCCCCCSC(=N)Nc1ccc2ccccc2c1. The third-order valence-corrected chi connectivity index (χ3v) is 7.81. The molecule has 0 aliphatic rings. The molecule has 186 valence electrons. The van der Waals surface area contributed by atoms with Crippen molar-refractivity contribution >= 4 is 66.8 Å². The van der Waals surface area contributed by atoms with Crippen molar-refractivity contribution in [3.05, 3.63) is 84.9 Å². The van der Waals surface area contributed by atoms with Gasteiger partial charge in [0.05, 0.1) is 0 Å². The predicted octanol–water partition coefficient (Wildman–Crippen LogP) is 9.19. The van der Waals surface area contributed by atoms with Crippen LogP contribution >= 0.6 is 23.5 Å². The molecule has 0 amide bonds. The van der Waals surface area contributed by atoms with Crippen molar-refractivity contribution in [2.75, 3.05) is 22.1 Å². The molecule has 4 nitrogen and oxygen atoms in total. The summed E-state index contributed by atoms with van der Waals surface area (Å²) in [7, 11) is 0. The Morgan fingerprint density at radius 3 is 1.33 bits per heavy atom. The van der Waals surface area contributed by atoms with Gasteiger partial charge < -0.3 is 10.6 Å². The zero-order valence-electron chi connectivity index (χ0n) is 20.6. The van der Waals surface area contributed by atoms with Crippen LogP contribution in [0.2, 0.25) is 0 Å². The minimum atomic E-state index is 0.516. The first-order valence-electron chi connectivity index (χ1n) is 12.6. The summed E-state index contributed by atoms with van der Waals surface area (Å²) in [6.07, 6.45) is 7.18. The van der Waals surface area contributed by atoms with Crippen molar-refractivity contribution in [2.45, 2.75) is 38.5 Å². The molecule has 0 atom stereocenters. The maximum absolute atomic E-state index is 8.19. The molecular formula is C30H34N4S2. The van der Waals surface area contributed by atoms with E-state index < -0.39 is 0 Å². The van der Waals surface area contributed by atoms with Crippen LogP contribution in [0, 0.1) is 10.8 Å². The molecule has 36 heavy (non-hydrogen) atoms. The monoisotopic (exact) mass is 514 g/mol. The first-order valence-corrected chi connectivity index (χ1v) is 14.6. The van der Waals surface area contributed by atoms with E-state index in [-0.39, 0.29) is 0 Å². The third-order valence-electron chi connectivity index (χ3n) is 6.05. The second kappa shape index (κ2) is 14.0. The quantitative estimate of drug-likeness (QED) is 0.0914. The molecule has 4 aromatic carbocycles. The standard InChI is InChI=1S/C30H34N4S2/c31-29(33-27-17-15-23-11-5-7-13-25(23)21-27)35-19-9-3-1-2-4-10-20-36-30(32)34-28-18-16-24-12-6-8-14-26(24)22-28/h5-8,11-18,21-22H,1-4,9-10,19-20H2,(H2,31,33)(H2,32,34). The number of nitrogens with one attached hydrogen (secondary N) is 4. The zero-order valence-corrected chi connectivity index (χ0v) is 22.2. The average Bonchev–Trinajstić information content (AvgIpc) is 2.89. The number of rotatable bonds is 11. The second-order valence-corrected chi connectivity index (χ2v) is 11.1. The van der Waals surface area contributed by atoms with Gasteiger partial charge in [-0.05, 0) is 58.7 Å². The van der Waals surface area contributed by atoms with Crippen LogP contribution in [-0.2, 0) is 0 Å². The van der Waals surface area contributed by atoms with Crippen LogP contribution in [0.4, 0.5) is 11.4 Å². The molecule has 0 aromatic heterocycles. The number of hydrogen-bond donors (Lipinski definition) is 4. The van der Waals surface area contributed by atoms with E-state index in [9.17, 15) is 0 Å². The molecular weight excluding hydrogens is 480 g/mol. The van der Waals surface area contributed by atoms with Gasteiger partial charge in [-0.1, -0.05) is 110 Å². The normalized spacial score (nSPS) is 11.0. The lowest BCUT2D eigenvalue weighted by Crippen LogP contribution is -2.06. The summed E-state index contributed by atoms with van der Waals surface area (Å²) in [6.45, 7) is 0. The Hall–Kier alpha value is -2.96. The summed E-state index contributed by atoms with van der Waals surface area (Å²) in [5.41, 5.74) is 1.95. The lowest BCUT2D eigenvalue weighted by atomic mass is 10.1. The fraction of sp³-hybridized carbons (Fsp3) is 0.267. The minimum Gasteiger partial charge on any atom is -0.335 e. The fourth-order valence-electron chi connectivity index (χ4n) is 4.13. The summed E-state index contributed by atoms with van der Waals surface area (Å²) in [4.78, 5) is 0. The number of amidine groups is 2. The number of fused-ring (bicyclic) bond motifs is 2. The first kappa shape index (κ1) is 26.1. The maximum Gasteiger partial charge on any atom is 0.158 e. The van der Waals surface area contributed by atoms with Gasteiger partial charge in [-0.3, -0.25) is 10.8 Å².